The molecule has 0 aliphatic heterocycles. The average molecular weight is 407 g/mol. The van der Waals surface area contributed by atoms with Crippen molar-refractivity contribution in [2.24, 2.45) is 17.3 Å². The van der Waals surface area contributed by atoms with Crippen LogP contribution in [0.5, 0.6) is 5.75 Å². The van der Waals surface area contributed by atoms with Crippen LogP contribution < -0.4 is 4.74 Å². The zero-order valence-corrected chi connectivity index (χ0v) is 17.8. The van der Waals surface area contributed by atoms with Crippen LogP contribution in [0.25, 0.3) is 6.08 Å². The summed E-state index contributed by atoms with van der Waals surface area (Å²) in [6, 6.07) is 14.4. The molecule has 0 saturated heterocycles. The molecule has 3 aliphatic carbocycles. The van der Waals surface area contributed by atoms with E-state index in [1.165, 1.54) is 17.5 Å². The Bertz CT molecular complexity index is 990. The van der Waals surface area contributed by atoms with Crippen LogP contribution in [-0.4, -0.2) is 12.9 Å². The van der Waals surface area contributed by atoms with E-state index >= 15 is 0 Å². The van der Waals surface area contributed by atoms with Crippen molar-refractivity contribution in [1.82, 2.24) is 0 Å². The summed E-state index contributed by atoms with van der Waals surface area (Å²) in [6.45, 7) is 2.22. The number of fused-ring (bicyclic) bond motifs is 5. The maximum atomic E-state index is 13.4. The number of aryl methyl sites for hydroxylation is 1. The summed E-state index contributed by atoms with van der Waals surface area (Å²) in [5, 5.41) is 0.728. The SMILES string of the molecule is COc1ccc2c(c1)CC[C@@H]1[C@@H]2CC[C@]2(C)C(=O)/C(=C/c3ccc(Cl)cc3)C[C@@H]12. The Morgan fingerprint density at radius 3 is 2.69 bits per heavy atom. The molecule has 0 aromatic heterocycles. The number of ketones is 1. The molecule has 2 aromatic carbocycles. The van der Waals surface area contributed by atoms with Gasteiger partial charge in [0, 0.05) is 10.4 Å². The molecule has 0 amide bonds. The summed E-state index contributed by atoms with van der Waals surface area (Å²) in [5.41, 5.74) is 4.80. The Morgan fingerprint density at radius 2 is 1.93 bits per heavy atom. The summed E-state index contributed by atoms with van der Waals surface area (Å²) in [4.78, 5) is 13.4. The van der Waals surface area contributed by atoms with Gasteiger partial charge in [0.25, 0.3) is 0 Å². The third-order valence-corrected chi connectivity index (χ3v) is 8.04. The van der Waals surface area contributed by atoms with Gasteiger partial charge in [0.05, 0.1) is 7.11 Å². The van der Waals surface area contributed by atoms with E-state index in [2.05, 4.69) is 31.2 Å². The number of hydrogen-bond acceptors (Lipinski definition) is 2. The maximum absolute atomic E-state index is 13.4. The topological polar surface area (TPSA) is 26.3 Å². The molecule has 0 bridgehead atoms. The molecule has 29 heavy (non-hydrogen) atoms. The van der Waals surface area contributed by atoms with E-state index < -0.39 is 0 Å². The van der Waals surface area contributed by atoms with Gasteiger partial charge in [0.2, 0.25) is 0 Å². The van der Waals surface area contributed by atoms with Gasteiger partial charge in [-0.25, -0.2) is 0 Å². The van der Waals surface area contributed by atoms with Gasteiger partial charge in [-0.05, 0) is 102 Å². The van der Waals surface area contributed by atoms with Gasteiger partial charge in [-0.1, -0.05) is 36.7 Å². The largest absolute Gasteiger partial charge is 0.497 e. The molecule has 0 spiro atoms. The minimum atomic E-state index is -0.205. The second-order valence-electron chi connectivity index (χ2n) is 9.19. The number of hydrogen-bond donors (Lipinski definition) is 0. The van der Waals surface area contributed by atoms with E-state index in [1.807, 2.05) is 24.3 Å². The second-order valence-corrected chi connectivity index (χ2v) is 9.63. The molecule has 2 fully saturated rings. The van der Waals surface area contributed by atoms with Gasteiger partial charge in [-0.2, -0.15) is 0 Å². The first-order chi connectivity index (χ1) is 14.0. The van der Waals surface area contributed by atoms with Gasteiger partial charge >= 0.3 is 0 Å². The van der Waals surface area contributed by atoms with Crippen molar-refractivity contribution in [3.05, 3.63) is 69.8 Å². The Balaban J connectivity index is 1.47. The highest BCUT2D eigenvalue weighted by Gasteiger charge is 2.56. The van der Waals surface area contributed by atoms with E-state index in [4.69, 9.17) is 16.3 Å². The monoisotopic (exact) mass is 406 g/mol. The number of benzene rings is 2. The molecule has 3 aliphatic rings. The molecular formula is C26H27ClO2. The third-order valence-electron chi connectivity index (χ3n) is 7.78. The molecular weight excluding hydrogens is 380 g/mol. The smallest absolute Gasteiger partial charge is 0.165 e. The molecule has 150 valence electrons. The Morgan fingerprint density at radius 1 is 1.14 bits per heavy atom. The summed E-state index contributed by atoms with van der Waals surface area (Å²) >= 11 is 6.02. The van der Waals surface area contributed by atoms with E-state index in [9.17, 15) is 4.79 Å². The normalized spacial score (nSPS) is 31.9. The Labute approximate surface area is 177 Å². The van der Waals surface area contributed by atoms with E-state index in [0.717, 1.165) is 47.6 Å². The Kier molecular flexibility index (Phi) is 4.58. The fraction of sp³-hybridized carbons (Fsp3) is 0.423. The minimum Gasteiger partial charge on any atom is -0.497 e. The quantitative estimate of drug-likeness (QED) is 0.534. The average Bonchev–Trinajstić information content (AvgIpc) is 2.99. The number of halogens is 1. The van der Waals surface area contributed by atoms with Gasteiger partial charge in [0.1, 0.15) is 5.75 Å². The molecule has 0 radical (unpaired) electrons. The zero-order chi connectivity index (χ0) is 20.2. The lowest BCUT2D eigenvalue weighted by molar-refractivity contribution is -0.127. The first-order valence-corrected chi connectivity index (χ1v) is 11.0. The van der Waals surface area contributed by atoms with E-state index in [-0.39, 0.29) is 5.41 Å². The first-order valence-electron chi connectivity index (χ1n) is 10.7. The number of ether oxygens (including phenoxy) is 1. The number of rotatable bonds is 2. The van der Waals surface area contributed by atoms with Gasteiger partial charge in [0.15, 0.2) is 5.78 Å². The van der Waals surface area contributed by atoms with Crippen molar-refractivity contribution in [3.8, 4) is 5.75 Å². The highest BCUT2D eigenvalue weighted by Crippen LogP contribution is 2.60. The molecule has 0 N–H and O–H groups in total. The lowest BCUT2D eigenvalue weighted by atomic mass is 9.55. The van der Waals surface area contributed by atoms with Crippen LogP contribution in [0.15, 0.2) is 48.0 Å². The van der Waals surface area contributed by atoms with Crippen molar-refractivity contribution in [2.45, 2.75) is 44.9 Å². The van der Waals surface area contributed by atoms with Crippen LogP contribution in [0.2, 0.25) is 5.02 Å². The first kappa shape index (κ1) is 18.9. The maximum Gasteiger partial charge on any atom is 0.165 e. The standard InChI is InChI=1S/C26H27ClO2/c1-26-12-11-22-21-10-8-20(29-2)14-17(21)5-9-23(22)24(26)15-18(25(26)28)13-16-3-6-19(27)7-4-16/h3-4,6-8,10,13-14,22-24H,5,9,11-12,15H2,1-2H3/b18-13+/t22-,23-,24+,26+/m1/s1. The van der Waals surface area contributed by atoms with E-state index in [1.54, 1.807) is 7.11 Å². The Hall–Kier alpha value is -2.06. The number of allylic oxidation sites excluding steroid dienone is 1. The van der Waals surface area contributed by atoms with Crippen molar-refractivity contribution in [2.75, 3.05) is 7.11 Å². The number of methoxy groups -OCH3 is 1. The molecule has 2 nitrogen and oxygen atoms in total. The van der Waals surface area contributed by atoms with Crippen molar-refractivity contribution in [3.63, 3.8) is 0 Å². The molecule has 0 unspecified atom stereocenters. The van der Waals surface area contributed by atoms with Gasteiger partial charge in [-0.15, -0.1) is 0 Å². The lowest BCUT2D eigenvalue weighted by Crippen LogP contribution is -2.42. The highest BCUT2D eigenvalue weighted by molar-refractivity contribution is 6.30. The zero-order valence-electron chi connectivity index (χ0n) is 17.1. The molecule has 0 heterocycles. The molecule has 4 atom stereocenters. The van der Waals surface area contributed by atoms with Gasteiger partial charge < -0.3 is 4.74 Å². The summed E-state index contributed by atoms with van der Waals surface area (Å²) in [5.74, 6) is 2.94. The van der Waals surface area contributed by atoms with E-state index in [0.29, 0.717) is 23.5 Å². The predicted molar refractivity (Wildman–Crippen MR) is 117 cm³/mol. The second kappa shape index (κ2) is 7.02. The van der Waals surface area contributed by atoms with Crippen LogP contribution in [0, 0.1) is 17.3 Å². The molecule has 2 aromatic rings. The summed E-state index contributed by atoms with van der Waals surface area (Å²) in [6.07, 6.45) is 7.36. The highest BCUT2D eigenvalue weighted by atomic mass is 35.5. The van der Waals surface area contributed by atoms with Crippen LogP contribution >= 0.6 is 11.6 Å². The van der Waals surface area contributed by atoms with Crippen molar-refractivity contribution in [1.29, 1.82) is 0 Å². The minimum absolute atomic E-state index is 0.205. The number of carbonyl (C=O) groups is 1. The van der Waals surface area contributed by atoms with Crippen LogP contribution in [0.1, 0.15) is 55.2 Å². The molecule has 3 heteroatoms. The lowest BCUT2D eigenvalue weighted by Gasteiger charge is -2.48. The molecule has 2 saturated carbocycles. The number of carbonyl (C=O) groups excluding carboxylic acids is 1. The third kappa shape index (κ3) is 3.04. The van der Waals surface area contributed by atoms with Crippen molar-refractivity contribution < 1.29 is 9.53 Å². The molecule has 5 rings (SSSR count). The number of Topliss-reactive ketones (excluding diaryl/α,β-unsaturated/α-hetero) is 1. The predicted octanol–water partition coefficient (Wildman–Crippen LogP) is 6.47. The summed E-state index contributed by atoms with van der Waals surface area (Å²) in [7, 11) is 1.73. The summed E-state index contributed by atoms with van der Waals surface area (Å²) < 4.78 is 5.43. The fourth-order valence-electron chi connectivity index (χ4n) is 6.25. The fourth-order valence-corrected chi connectivity index (χ4v) is 6.37. The van der Waals surface area contributed by atoms with Crippen LogP contribution in [0.4, 0.5) is 0 Å². The van der Waals surface area contributed by atoms with Crippen LogP contribution in [-0.2, 0) is 11.2 Å². The van der Waals surface area contributed by atoms with Crippen LogP contribution in [0.3, 0.4) is 0 Å². The van der Waals surface area contributed by atoms with Gasteiger partial charge in [-0.3, -0.25) is 4.79 Å². The van der Waals surface area contributed by atoms with Crippen molar-refractivity contribution >= 4 is 23.5 Å².